The molecule has 33 heavy (non-hydrogen) atoms. The summed E-state index contributed by atoms with van der Waals surface area (Å²) in [7, 11) is 8.06. The van der Waals surface area contributed by atoms with Crippen LogP contribution in [0.3, 0.4) is 0 Å². The largest absolute Gasteiger partial charge is 0.404 e. The van der Waals surface area contributed by atoms with E-state index >= 15 is 0 Å². The van der Waals surface area contributed by atoms with Crippen molar-refractivity contribution in [2.24, 2.45) is 10.7 Å². The molecular weight excluding hydrogens is 410 g/mol. The zero-order chi connectivity index (χ0) is 24.0. The number of hydrogen-bond donors (Lipinski definition) is 4. The summed E-state index contributed by atoms with van der Waals surface area (Å²) >= 11 is 0. The van der Waals surface area contributed by atoms with Gasteiger partial charge in [0, 0.05) is 53.7 Å². The van der Waals surface area contributed by atoms with Crippen LogP contribution in [0.2, 0.25) is 0 Å². The Bertz CT molecular complexity index is 1170. The van der Waals surface area contributed by atoms with Crippen molar-refractivity contribution < 1.29 is 0 Å². The van der Waals surface area contributed by atoms with Crippen LogP contribution in [0.4, 0.5) is 5.69 Å². The summed E-state index contributed by atoms with van der Waals surface area (Å²) in [5.41, 5.74) is 18.2. The number of nitrogen functional groups attached to an aromatic ring is 1. The number of nitrogens with two attached hydrogens (primary N) is 2. The standard InChI is InChI=1S/C26H35N7/c1-30-16-21(15-27)19-7-8-23(28)22(13-19)26(29)25-14-20-12-18(6-9-24(20)31-25)17-33(4)11-5-10-32(2)3/h6-9,12-16,29,31H,5,10-11,17,27-28H2,1-4H3/b21-15+,29-26?,30-16?. The average molecular weight is 446 g/mol. The average Bonchev–Trinajstić information content (AvgIpc) is 3.20. The van der Waals surface area contributed by atoms with Gasteiger partial charge in [0.2, 0.25) is 0 Å². The first kappa shape index (κ1) is 24.2. The first-order valence-electron chi connectivity index (χ1n) is 11.1. The molecule has 0 radical (unpaired) electrons. The summed E-state index contributed by atoms with van der Waals surface area (Å²) in [5.74, 6) is 0. The Hall–Kier alpha value is -3.42. The van der Waals surface area contributed by atoms with Gasteiger partial charge in [-0.15, -0.1) is 0 Å². The fourth-order valence-electron chi connectivity index (χ4n) is 3.91. The van der Waals surface area contributed by atoms with Crippen molar-refractivity contribution in [3.05, 3.63) is 71.0 Å². The van der Waals surface area contributed by atoms with E-state index in [4.69, 9.17) is 16.9 Å². The van der Waals surface area contributed by atoms with Crippen LogP contribution in [0.1, 0.15) is 28.8 Å². The highest BCUT2D eigenvalue weighted by Crippen LogP contribution is 2.24. The Morgan fingerprint density at radius 1 is 1.09 bits per heavy atom. The van der Waals surface area contributed by atoms with E-state index in [1.807, 2.05) is 18.2 Å². The summed E-state index contributed by atoms with van der Waals surface area (Å²) in [6, 6.07) is 14.0. The molecule has 0 aliphatic rings. The summed E-state index contributed by atoms with van der Waals surface area (Å²) in [5, 5.41) is 9.90. The maximum Gasteiger partial charge on any atom is 0.0868 e. The van der Waals surface area contributed by atoms with Crippen molar-refractivity contribution >= 4 is 34.1 Å². The van der Waals surface area contributed by atoms with E-state index < -0.39 is 0 Å². The number of hydrogen-bond acceptors (Lipinski definition) is 6. The molecular formula is C26H35N7. The quantitative estimate of drug-likeness (QED) is 0.282. The lowest BCUT2D eigenvalue weighted by molar-refractivity contribution is 0.294. The second kappa shape index (κ2) is 10.9. The number of aromatic nitrogens is 1. The molecule has 0 spiro atoms. The zero-order valence-corrected chi connectivity index (χ0v) is 20.0. The van der Waals surface area contributed by atoms with Crippen LogP contribution in [-0.4, -0.2) is 68.0 Å². The van der Waals surface area contributed by atoms with E-state index in [0.29, 0.717) is 17.0 Å². The molecule has 3 rings (SSSR count). The SMILES string of the molecule is CN=C/C(=C\N)c1ccc(N)c(C(=N)c2cc3cc(CN(C)CCCN(C)C)ccc3[nH]2)c1. The van der Waals surface area contributed by atoms with Crippen LogP contribution in [0.15, 0.2) is 53.7 Å². The highest BCUT2D eigenvalue weighted by Gasteiger charge is 2.14. The van der Waals surface area contributed by atoms with Crippen molar-refractivity contribution in [3.63, 3.8) is 0 Å². The second-order valence-electron chi connectivity index (χ2n) is 8.69. The van der Waals surface area contributed by atoms with Gasteiger partial charge in [-0.25, -0.2) is 0 Å². The molecule has 0 unspecified atom stereocenters. The highest BCUT2D eigenvalue weighted by atomic mass is 15.1. The third-order valence-corrected chi connectivity index (χ3v) is 5.66. The summed E-state index contributed by atoms with van der Waals surface area (Å²) in [6.07, 6.45) is 4.34. The Morgan fingerprint density at radius 3 is 2.58 bits per heavy atom. The van der Waals surface area contributed by atoms with Gasteiger partial charge in [-0.1, -0.05) is 12.1 Å². The van der Waals surface area contributed by atoms with Gasteiger partial charge >= 0.3 is 0 Å². The summed E-state index contributed by atoms with van der Waals surface area (Å²) in [6.45, 7) is 3.03. The van der Waals surface area contributed by atoms with E-state index in [9.17, 15) is 0 Å². The molecule has 7 heteroatoms. The van der Waals surface area contributed by atoms with Gasteiger partial charge in [0.05, 0.1) is 11.4 Å². The van der Waals surface area contributed by atoms with Crippen molar-refractivity contribution in [3.8, 4) is 0 Å². The van der Waals surface area contributed by atoms with Crippen LogP contribution < -0.4 is 11.5 Å². The number of aliphatic imine (C=N–C) groups is 1. The molecule has 0 fully saturated rings. The van der Waals surface area contributed by atoms with Crippen LogP contribution in [0.25, 0.3) is 16.5 Å². The van der Waals surface area contributed by atoms with Crippen LogP contribution in [0, 0.1) is 5.41 Å². The lowest BCUT2D eigenvalue weighted by Crippen LogP contribution is -2.23. The van der Waals surface area contributed by atoms with Gasteiger partial charge in [0.15, 0.2) is 0 Å². The maximum absolute atomic E-state index is 8.81. The first-order chi connectivity index (χ1) is 15.8. The van der Waals surface area contributed by atoms with Crippen LogP contribution in [-0.2, 0) is 6.54 Å². The number of H-pyrrole nitrogens is 1. The van der Waals surface area contributed by atoms with Crippen LogP contribution in [0.5, 0.6) is 0 Å². The molecule has 0 atom stereocenters. The third kappa shape index (κ3) is 6.09. The Morgan fingerprint density at radius 2 is 1.88 bits per heavy atom. The summed E-state index contributed by atoms with van der Waals surface area (Å²) < 4.78 is 0. The van der Waals surface area contributed by atoms with Gasteiger partial charge in [-0.2, -0.15) is 0 Å². The fourth-order valence-corrected chi connectivity index (χ4v) is 3.91. The monoisotopic (exact) mass is 445 g/mol. The molecule has 0 bridgehead atoms. The lowest BCUT2D eigenvalue weighted by atomic mass is 9.99. The zero-order valence-electron chi connectivity index (χ0n) is 20.0. The first-order valence-corrected chi connectivity index (χ1v) is 11.1. The molecule has 3 aromatic rings. The third-order valence-electron chi connectivity index (χ3n) is 5.66. The number of rotatable bonds is 10. The van der Waals surface area contributed by atoms with Crippen molar-refractivity contribution in [2.75, 3.05) is 47.0 Å². The van der Waals surface area contributed by atoms with Crippen molar-refractivity contribution in [1.82, 2.24) is 14.8 Å². The predicted octanol–water partition coefficient (Wildman–Crippen LogP) is 3.55. The minimum absolute atomic E-state index is 0.345. The van der Waals surface area contributed by atoms with E-state index in [2.05, 4.69) is 59.1 Å². The molecule has 1 heterocycles. The van der Waals surface area contributed by atoms with Gasteiger partial charge in [-0.3, -0.25) is 10.4 Å². The number of benzene rings is 2. The molecule has 1 aromatic heterocycles. The minimum atomic E-state index is 0.345. The molecule has 0 aliphatic heterocycles. The number of fused-ring (bicyclic) bond motifs is 1. The normalized spacial score (nSPS) is 12.5. The van der Waals surface area contributed by atoms with E-state index in [1.165, 1.54) is 11.8 Å². The number of anilines is 1. The molecule has 6 N–H and O–H groups in total. The minimum Gasteiger partial charge on any atom is -0.404 e. The topological polar surface area (TPSA) is 111 Å². The van der Waals surface area contributed by atoms with E-state index in [-0.39, 0.29) is 0 Å². The van der Waals surface area contributed by atoms with Gasteiger partial charge < -0.3 is 26.3 Å². The van der Waals surface area contributed by atoms with Crippen molar-refractivity contribution in [1.29, 1.82) is 5.41 Å². The number of aromatic amines is 1. The predicted molar refractivity (Wildman–Crippen MR) is 141 cm³/mol. The highest BCUT2D eigenvalue weighted by molar-refractivity contribution is 6.16. The van der Waals surface area contributed by atoms with Crippen molar-refractivity contribution in [2.45, 2.75) is 13.0 Å². The fraction of sp³-hybridized carbons (Fsp3) is 0.308. The molecule has 0 saturated carbocycles. The maximum atomic E-state index is 8.81. The van der Waals surface area contributed by atoms with E-state index in [0.717, 1.165) is 53.8 Å². The van der Waals surface area contributed by atoms with E-state index in [1.54, 1.807) is 19.3 Å². The number of allylic oxidation sites excluding steroid dienone is 1. The lowest BCUT2D eigenvalue weighted by Gasteiger charge is -2.18. The number of nitrogens with one attached hydrogen (secondary N) is 2. The van der Waals surface area contributed by atoms with Gasteiger partial charge in [0.1, 0.15) is 0 Å². The second-order valence-corrected chi connectivity index (χ2v) is 8.69. The molecule has 7 nitrogen and oxygen atoms in total. The Balaban J connectivity index is 1.81. The molecule has 0 amide bonds. The Labute approximate surface area is 196 Å². The molecule has 174 valence electrons. The van der Waals surface area contributed by atoms with Gasteiger partial charge in [-0.05, 0) is 82.1 Å². The molecule has 2 aromatic carbocycles. The molecule has 0 aliphatic carbocycles. The number of nitrogens with zero attached hydrogens (tertiary/aromatic N) is 3. The van der Waals surface area contributed by atoms with Crippen LogP contribution >= 0.6 is 0 Å². The molecule has 0 saturated heterocycles. The van der Waals surface area contributed by atoms with Gasteiger partial charge in [0.25, 0.3) is 0 Å². The smallest absolute Gasteiger partial charge is 0.0868 e. The Kier molecular flexibility index (Phi) is 8.03. The summed E-state index contributed by atoms with van der Waals surface area (Å²) in [4.78, 5) is 12.0.